The number of aliphatic hydroxyl groups excluding tert-OH is 1. The van der Waals surface area contributed by atoms with E-state index in [1.54, 1.807) is 24.3 Å². The quantitative estimate of drug-likeness (QED) is 0.882. The molecule has 1 aromatic rings. The first-order valence-electron chi connectivity index (χ1n) is 7.27. The average molecular weight is 346 g/mol. The number of rotatable bonds is 5. The van der Waals surface area contributed by atoms with Gasteiger partial charge in [0.05, 0.1) is 24.2 Å². The van der Waals surface area contributed by atoms with Gasteiger partial charge in [0.1, 0.15) is 0 Å². The maximum Gasteiger partial charge on any atom is 0.254 e. The maximum atomic E-state index is 12.8. The van der Waals surface area contributed by atoms with E-state index in [-0.39, 0.29) is 36.1 Å². The lowest BCUT2D eigenvalue weighted by atomic mass is 10.1. The van der Waals surface area contributed by atoms with Crippen molar-refractivity contribution in [2.45, 2.75) is 31.8 Å². The summed E-state index contributed by atoms with van der Waals surface area (Å²) in [6.45, 7) is 1.68. The molecule has 2 atom stereocenters. The lowest BCUT2D eigenvalue weighted by Crippen LogP contribution is -2.49. The minimum absolute atomic E-state index is 0.0389. The van der Waals surface area contributed by atoms with Crippen LogP contribution in [0.2, 0.25) is 5.02 Å². The van der Waals surface area contributed by atoms with Crippen LogP contribution in [-0.2, 0) is 9.84 Å². The highest BCUT2D eigenvalue weighted by Gasteiger charge is 2.37. The van der Waals surface area contributed by atoms with Gasteiger partial charge in [-0.3, -0.25) is 4.79 Å². The number of amides is 1. The van der Waals surface area contributed by atoms with Crippen LogP contribution in [0, 0.1) is 0 Å². The second-order valence-electron chi connectivity index (χ2n) is 5.52. The van der Waals surface area contributed by atoms with Gasteiger partial charge in [0.2, 0.25) is 0 Å². The smallest absolute Gasteiger partial charge is 0.254 e. The highest BCUT2D eigenvalue weighted by Crippen LogP contribution is 2.24. The average Bonchev–Trinajstić information content (AvgIpc) is 2.84. The van der Waals surface area contributed by atoms with Crippen LogP contribution in [0.4, 0.5) is 0 Å². The minimum Gasteiger partial charge on any atom is -0.394 e. The van der Waals surface area contributed by atoms with Crippen molar-refractivity contribution in [1.29, 1.82) is 0 Å². The molecule has 1 aliphatic rings. The van der Waals surface area contributed by atoms with Gasteiger partial charge in [-0.15, -0.1) is 0 Å². The fourth-order valence-corrected chi connectivity index (χ4v) is 4.62. The zero-order chi connectivity index (χ0) is 16.3. The number of aliphatic hydroxyl groups is 1. The zero-order valence-corrected chi connectivity index (χ0v) is 14.0. The maximum absolute atomic E-state index is 12.8. The Balaban J connectivity index is 2.31. The standard InChI is InChI=1S/C15H20ClNO4S/c1-2-13(9-18)17(14-7-8-22(20,21)10-14)15(19)11-3-5-12(16)6-4-11/h3-6,13-14,18H,2,7-10H2,1H3/t13-,14+/m1/s1. The largest absolute Gasteiger partial charge is 0.394 e. The summed E-state index contributed by atoms with van der Waals surface area (Å²) >= 11 is 5.83. The Hall–Kier alpha value is -1.11. The van der Waals surface area contributed by atoms with E-state index < -0.39 is 9.84 Å². The third kappa shape index (κ3) is 3.80. The Kier molecular flexibility index (Phi) is 5.47. The molecule has 0 aliphatic carbocycles. The number of nitrogens with zero attached hydrogens (tertiary/aromatic N) is 1. The molecule has 1 amide bonds. The van der Waals surface area contributed by atoms with Crippen molar-refractivity contribution in [1.82, 2.24) is 4.90 Å². The molecule has 0 bridgehead atoms. The van der Waals surface area contributed by atoms with E-state index in [1.807, 2.05) is 6.92 Å². The normalized spacial score (nSPS) is 21.5. The van der Waals surface area contributed by atoms with Crippen LogP contribution in [0.15, 0.2) is 24.3 Å². The Morgan fingerprint density at radius 1 is 1.41 bits per heavy atom. The van der Waals surface area contributed by atoms with E-state index in [9.17, 15) is 18.3 Å². The molecule has 1 aliphatic heterocycles. The molecule has 0 spiro atoms. The van der Waals surface area contributed by atoms with Crippen molar-refractivity contribution < 1.29 is 18.3 Å². The predicted octanol–water partition coefficient (Wildman–Crippen LogP) is 1.74. The van der Waals surface area contributed by atoms with Crippen molar-refractivity contribution >= 4 is 27.3 Å². The van der Waals surface area contributed by atoms with Gasteiger partial charge in [0.15, 0.2) is 9.84 Å². The molecule has 22 heavy (non-hydrogen) atoms. The molecule has 1 heterocycles. The molecule has 1 saturated heterocycles. The van der Waals surface area contributed by atoms with Gasteiger partial charge in [-0.1, -0.05) is 18.5 Å². The minimum atomic E-state index is -3.11. The number of benzene rings is 1. The van der Waals surface area contributed by atoms with Crippen LogP contribution >= 0.6 is 11.6 Å². The Morgan fingerprint density at radius 3 is 2.50 bits per heavy atom. The van der Waals surface area contributed by atoms with Gasteiger partial charge in [-0.2, -0.15) is 0 Å². The fraction of sp³-hybridized carbons (Fsp3) is 0.533. The van der Waals surface area contributed by atoms with Crippen LogP contribution < -0.4 is 0 Å². The summed E-state index contributed by atoms with van der Waals surface area (Å²) in [6.07, 6.45) is 0.977. The molecular formula is C15H20ClNO4S. The van der Waals surface area contributed by atoms with E-state index in [2.05, 4.69) is 0 Å². The third-order valence-electron chi connectivity index (χ3n) is 4.00. The van der Waals surface area contributed by atoms with Gasteiger partial charge in [0.25, 0.3) is 5.91 Å². The van der Waals surface area contributed by atoms with Gasteiger partial charge in [-0.25, -0.2) is 8.42 Å². The molecule has 5 nitrogen and oxygen atoms in total. The molecule has 122 valence electrons. The summed E-state index contributed by atoms with van der Waals surface area (Å²) in [5.41, 5.74) is 0.445. The topological polar surface area (TPSA) is 74.7 Å². The molecule has 0 radical (unpaired) electrons. The van der Waals surface area contributed by atoms with Gasteiger partial charge >= 0.3 is 0 Å². The molecule has 1 fully saturated rings. The number of halogens is 1. The van der Waals surface area contributed by atoms with E-state index in [1.165, 1.54) is 4.90 Å². The highest BCUT2D eigenvalue weighted by molar-refractivity contribution is 7.91. The van der Waals surface area contributed by atoms with Crippen molar-refractivity contribution in [3.8, 4) is 0 Å². The monoisotopic (exact) mass is 345 g/mol. The molecule has 0 unspecified atom stereocenters. The van der Waals surface area contributed by atoms with Crippen molar-refractivity contribution in [2.24, 2.45) is 0 Å². The Labute approximate surface area is 135 Å². The Morgan fingerprint density at radius 2 is 2.05 bits per heavy atom. The van der Waals surface area contributed by atoms with Crippen LogP contribution in [0.25, 0.3) is 0 Å². The summed E-state index contributed by atoms with van der Waals surface area (Å²) in [7, 11) is -3.11. The molecule has 7 heteroatoms. The van der Waals surface area contributed by atoms with Crippen LogP contribution in [-0.4, -0.2) is 54.5 Å². The third-order valence-corrected chi connectivity index (χ3v) is 6.01. The van der Waals surface area contributed by atoms with Crippen molar-refractivity contribution in [3.63, 3.8) is 0 Å². The molecule has 2 rings (SSSR count). The summed E-state index contributed by atoms with van der Waals surface area (Å²) in [5, 5.41) is 10.1. The SMILES string of the molecule is CC[C@H](CO)N(C(=O)c1ccc(Cl)cc1)[C@H]1CCS(=O)(=O)C1. The molecule has 1 N–H and O–H groups in total. The van der Waals surface area contributed by atoms with Crippen molar-refractivity contribution in [3.05, 3.63) is 34.9 Å². The summed E-state index contributed by atoms with van der Waals surface area (Å²) in [5.74, 6) is -0.216. The van der Waals surface area contributed by atoms with Gasteiger partial charge < -0.3 is 10.0 Å². The zero-order valence-electron chi connectivity index (χ0n) is 12.4. The van der Waals surface area contributed by atoms with Crippen LogP contribution in [0.5, 0.6) is 0 Å². The highest BCUT2D eigenvalue weighted by atomic mass is 35.5. The van der Waals surface area contributed by atoms with E-state index in [4.69, 9.17) is 11.6 Å². The lowest BCUT2D eigenvalue weighted by Gasteiger charge is -2.34. The molecule has 0 saturated carbocycles. The van der Waals surface area contributed by atoms with E-state index in [0.29, 0.717) is 23.4 Å². The first-order valence-corrected chi connectivity index (χ1v) is 9.47. The first kappa shape index (κ1) is 17.2. The number of carbonyl (C=O) groups is 1. The van der Waals surface area contributed by atoms with Crippen LogP contribution in [0.1, 0.15) is 30.1 Å². The van der Waals surface area contributed by atoms with Crippen molar-refractivity contribution in [2.75, 3.05) is 18.1 Å². The molecule has 1 aromatic carbocycles. The number of sulfone groups is 1. The summed E-state index contributed by atoms with van der Waals surface area (Å²) < 4.78 is 23.5. The van der Waals surface area contributed by atoms with Gasteiger partial charge in [-0.05, 0) is 37.1 Å². The molecule has 0 aromatic heterocycles. The van der Waals surface area contributed by atoms with E-state index in [0.717, 1.165) is 0 Å². The summed E-state index contributed by atoms with van der Waals surface area (Å²) in [4.78, 5) is 14.3. The second kappa shape index (κ2) is 6.98. The number of hydrogen-bond donors (Lipinski definition) is 1. The fourth-order valence-electron chi connectivity index (χ4n) is 2.78. The Bertz CT molecular complexity index is 625. The summed E-state index contributed by atoms with van der Waals surface area (Å²) in [6, 6.07) is 5.71. The number of carbonyl (C=O) groups excluding carboxylic acids is 1. The van der Waals surface area contributed by atoms with Gasteiger partial charge in [0, 0.05) is 16.6 Å². The predicted molar refractivity (Wildman–Crippen MR) is 85.8 cm³/mol. The van der Waals surface area contributed by atoms with Crippen LogP contribution in [0.3, 0.4) is 0 Å². The van der Waals surface area contributed by atoms with E-state index >= 15 is 0 Å². The number of hydrogen-bond acceptors (Lipinski definition) is 4. The first-order chi connectivity index (χ1) is 10.4. The molecular weight excluding hydrogens is 326 g/mol. The lowest BCUT2D eigenvalue weighted by molar-refractivity contribution is 0.0485. The second-order valence-corrected chi connectivity index (χ2v) is 8.19.